The number of benzene rings is 1. The Balaban J connectivity index is 1.80. The zero-order valence-corrected chi connectivity index (χ0v) is 15.5. The number of fused-ring (bicyclic) bond motifs is 1. The fourth-order valence-electron chi connectivity index (χ4n) is 3.67. The molecule has 9 heteroatoms. The molecule has 1 aliphatic rings. The van der Waals surface area contributed by atoms with Crippen molar-refractivity contribution in [2.75, 3.05) is 25.8 Å². The molecule has 2 atom stereocenters. The monoisotopic (exact) mass is 380 g/mol. The van der Waals surface area contributed by atoms with Crippen LogP contribution in [0.1, 0.15) is 24.8 Å². The van der Waals surface area contributed by atoms with Crippen molar-refractivity contribution in [3.8, 4) is 0 Å². The number of carbonyl (C=O) groups is 1. The predicted octanol–water partition coefficient (Wildman–Crippen LogP) is 1.60. The van der Waals surface area contributed by atoms with E-state index in [-0.39, 0.29) is 19.1 Å². The van der Waals surface area contributed by atoms with E-state index in [1.54, 1.807) is 6.20 Å². The first-order valence-electron chi connectivity index (χ1n) is 8.78. The summed E-state index contributed by atoms with van der Waals surface area (Å²) >= 11 is 0. The van der Waals surface area contributed by atoms with E-state index < -0.39 is 18.5 Å². The van der Waals surface area contributed by atoms with E-state index in [1.807, 2.05) is 23.1 Å². The van der Waals surface area contributed by atoms with Crippen LogP contribution in [0.4, 0.5) is 0 Å². The molecule has 5 N–H and O–H groups in total. The third-order valence-corrected chi connectivity index (χ3v) is 7.93. The van der Waals surface area contributed by atoms with Crippen LogP contribution in [0, 0.1) is 0 Å². The maximum atomic E-state index is 12.8. The first-order chi connectivity index (χ1) is 12.4. The Hall–Kier alpha value is -1.73. The molecule has 0 spiro atoms. The molecule has 3 rings (SSSR count). The lowest BCUT2D eigenvalue weighted by Gasteiger charge is -2.43. The van der Waals surface area contributed by atoms with Crippen molar-refractivity contribution >= 4 is 24.2 Å². The largest absolute Gasteiger partial charge is 0.480 e. The van der Waals surface area contributed by atoms with Crippen LogP contribution in [0.3, 0.4) is 0 Å². The molecule has 1 aromatic carbocycles. The molecule has 0 amide bonds. The van der Waals surface area contributed by atoms with Crippen LogP contribution in [0.15, 0.2) is 24.4 Å². The van der Waals surface area contributed by atoms with Gasteiger partial charge in [0.15, 0.2) is 5.16 Å². The van der Waals surface area contributed by atoms with Gasteiger partial charge in [-0.25, -0.2) is 0 Å². The van der Waals surface area contributed by atoms with Crippen LogP contribution in [0.25, 0.3) is 10.9 Å². The predicted molar refractivity (Wildman–Crippen MR) is 99.3 cm³/mol. The van der Waals surface area contributed by atoms with Gasteiger partial charge in [0.1, 0.15) is 0 Å². The molecule has 2 aromatic rings. The summed E-state index contributed by atoms with van der Waals surface area (Å²) < 4.78 is 12.8. The zero-order valence-electron chi connectivity index (χ0n) is 14.6. The number of nitrogens with two attached hydrogens (primary N) is 1. The van der Waals surface area contributed by atoms with Gasteiger partial charge in [0.05, 0.1) is 11.7 Å². The second-order valence-electron chi connectivity index (χ2n) is 7.01. The number of hydrogen-bond acceptors (Lipinski definition) is 5. The molecule has 26 heavy (non-hydrogen) atoms. The van der Waals surface area contributed by atoms with E-state index in [1.165, 1.54) is 0 Å². The number of unbranched alkanes of at least 4 members (excludes halogenated alkanes) is 1. The van der Waals surface area contributed by atoms with Gasteiger partial charge in [-0.1, -0.05) is 12.5 Å². The minimum absolute atomic E-state index is 0.00409. The normalized spacial score (nSPS) is 27.0. The van der Waals surface area contributed by atoms with Gasteiger partial charge in [-0.05, 0) is 37.1 Å². The van der Waals surface area contributed by atoms with Crippen molar-refractivity contribution in [2.45, 2.75) is 31.0 Å². The molecular weight excluding hydrogens is 355 g/mol. The van der Waals surface area contributed by atoms with Crippen molar-refractivity contribution in [1.82, 2.24) is 15.1 Å². The molecule has 1 aromatic heterocycles. The summed E-state index contributed by atoms with van der Waals surface area (Å²) in [5.74, 6) is -1.18. The fourth-order valence-corrected chi connectivity index (χ4v) is 5.88. The van der Waals surface area contributed by atoms with E-state index in [2.05, 4.69) is 10.2 Å². The van der Waals surface area contributed by atoms with Gasteiger partial charge >= 0.3 is 5.97 Å². The molecule has 1 fully saturated rings. The van der Waals surface area contributed by atoms with Crippen LogP contribution >= 0.6 is 7.37 Å². The van der Waals surface area contributed by atoms with Crippen LogP contribution in [-0.4, -0.2) is 62.0 Å². The van der Waals surface area contributed by atoms with Gasteiger partial charge in [0.25, 0.3) is 0 Å². The molecule has 142 valence electrons. The van der Waals surface area contributed by atoms with E-state index in [9.17, 15) is 19.4 Å². The van der Waals surface area contributed by atoms with Crippen molar-refractivity contribution in [2.24, 2.45) is 5.73 Å². The van der Waals surface area contributed by atoms with Crippen molar-refractivity contribution in [1.29, 1.82) is 0 Å². The number of rotatable bonds is 7. The molecule has 8 nitrogen and oxygen atoms in total. The molecule has 0 saturated carbocycles. The average molecular weight is 380 g/mol. The molecule has 0 bridgehead atoms. The lowest BCUT2D eigenvalue weighted by molar-refractivity contribution is -0.141. The number of hydrogen-bond donors (Lipinski definition) is 4. The number of H-pyrrole nitrogens is 1. The summed E-state index contributed by atoms with van der Waals surface area (Å²) in [7, 11) is -3.79. The smallest absolute Gasteiger partial charge is 0.320 e. The van der Waals surface area contributed by atoms with Crippen LogP contribution < -0.4 is 5.73 Å². The molecule has 0 radical (unpaired) electrons. The molecule has 1 aliphatic heterocycles. The Morgan fingerprint density at radius 3 is 2.96 bits per heavy atom. The van der Waals surface area contributed by atoms with Crippen LogP contribution in [0.2, 0.25) is 0 Å². The van der Waals surface area contributed by atoms with Gasteiger partial charge in [0, 0.05) is 31.2 Å². The molecule has 2 heterocycles. The summed E-state index contributed by atoms with van der Waals surface area (Å²) in [6.07, 6.45) is 3.08. The van der Waals surface area contributed by atoms with Gasteiger partial charge in [-0.15, -0.1) is 0 Å². The Kier molecular flexibility index (Phi) is 5.48. The Bertz CT molecular complexity index is 839. The minimum Gasteiger partial charge on any atom is -0.480 e. The Labute approximate surface area is 151 Å². The molecular formula is C17H25N4O4P. The number of aliphatic carboxylic acids is 1. The Morgan fingerprint density at radius 1 is 1.42 bits per heavy atom. The van der Waals surface area contributed by atoms with Crippen molar-refractivity contribution in [3.05, 3.63) is 30.0 Å². The first-order valence-corrected chi connectivity index (χ1v) is 10.6. The quantitative estimate of drug-likeness (QED) is 0.424. The minimum atomic E-state index is -3.79. The molecule has 0 aliphatic carbocycles. The second kappa shape index (κ2) is 7.48. The van der Waals surface area contributed by atoms with E-state index in [0.717, 1.165) is 16.5 Å². The number of nitrogens with one attached hydrogen (secondary N) is 1. The SMILES string of the molecule is NCCCCC1(C(=O)O)CN(Cc2ccc3[nH]ncc3c2)CCP1(=O)O. The highest BCUT2D eigenvalue weighted by molar-refractivity contribution is 7.61. The third kappa shape index (κ3) is 3.55. The number of aromatic nitrogens is 2. The van der Waals surface area contributed by atoms with E-state index >= 15 is 0 Å². The number of aromatic amines is 1. The van der Waals surface area contributed by atoms with Gasteiger partial charge < -0.3 is 15.7 Å². The summed E-state index contributed by atoms with van der Waals surface area (Å²) in [5.41, 5.74) is 7.46. The third-order valence-electron chi connectivity index (χ3n) is 5.23. The number of carboxylic acids is 1. The van der Waals surface area contributed by atoms with Gasteiger partial charge in [-0.3, -0.25) is 19.4 Å². The standard InChI is InChI=1S/C17H25N4O4P/c18-6-2-1-5-17(16(22)23)12-21(7-8-26(17,24)25)11-13-3-4-15-14(9-13)10-19-20-15/h3-4,9-10H,1-2,5-8,11-12,18H2,(H,19,20)(H,22,23)(H,24,25). The highest BCUT2D eigenvalue weighted by Crippen LogP contribution is 2.59. The average Bonchev–Trinajstić information content (AvgIpc) is 3.05. The summed E-state index contributed by atoms with van der Waals surface area (Å²) in [6.45, 7) is 1.46. The van der Waals surface area contributed by atoms with Crippen molar-refractivity contribution < 1.29 is 19.4 Å². The van der Waals surface area contributed by atoms with Gasteiger partial charge in [0.2, 0.25) is 7.37 Å². The van der Waals surface area contributed by atoms with E-state index in [4.69, 9.17) is 5.73 Å². The van der Waals surface area contributed by atoms with Gasteiger partial charge in [-0.2, -0.15) is 5.10 Å². The maximum absolute atomic E-state index is 12.8. The topological polar surface area (TPSA) is 133 Å². The molecule has 1 saturated heterocycles. The first kappa shape index (κ1) is 19.0. The summed E-state index contributed by atoms with van der Waals surface area (Å²) in [4.78, 5) is 24.4. The summed E-state index contributed by atoms with van der Waals surface area (Å²) in [6, 6.07) is 5.90. The highest BCUT2D eigenvalue weighted by atomic mass is 31.2. The van der Waals surface area contributed by atoms with Crippen molar-refractivity contribution in [3.63, 3.8) is 0 Å². The number of carboxylic acid groups (broad SMARTS) is 1. The van der Waals surface area contributed by atoms with Crippen LogP contribution in [-0.2, 0) is 15.9 Å². The summed E-state index contributed by atoms with van der Waals surface area (Å²) in [5, 5.41) is 16.1. The zero-order chi connectivity index (χ0) is 18.8. The van der Waals surface area contributed by atoms with E-state index in [0.29, 0.717) is 32.5 Å². The lowest BCUT2D eigenvalue weighted by Crippen LogP contribution is -2.53. The lowest BCUT2D eigenvalue weighted by atomic mass is 9.99. The Morgan fingerprint density at radius 2 is 2.23 bits per heavy atom. The second-order valence-corrected chi connectivity index (χ2v) is 9.72. The highest BCUT2D eigenvalue weighted by Gasteiger charge is 2.56. The van der Waals surface area contributed by atoms with Crippen LogP contribution in [0.5, 0.6) is 0 Å². The molecule has 2 unspecified atom stereocenters. The number of nitrogens with zero attached hydrogens (tertiary/aromatic N) is 2. The fraction of sp³-hybridized carbons (Fsp3) is 0.529. The maximum Gasteiger partial charge on any atom is 0.320 e.